The molecule has 0 fully saturated rings. The number of aliphatic carboxylic acids is 2. The van der Waals surface area contributed by atoms with Crippen LogP contribution < -0.4 is 11.0 Å². The lowest BCUT2D eigenvalue weighted by Gasteiger charge is -2.20. The van der Waals surface area contributed by atoms with Crippen LogP contribution in [0.5, 0.6) is 0 Å². The van der Waals surface area contributed by atoms with Crippen LogP contribution in [0, 0.1) is 0 Å². The Morgan fingerprint density at radius 2 is 1.08 bits per heavy atom. The molecule has 2 amide bonds. The smallest absolute Gasteiger partial charge is 0.317 e. The minimum Gasteiger partial charge on any atom is -0.480 e. The molecule has 0 aliphatic carbocycles. The van der Waals surface area contributed by atoms with Gasteiger partial charge in [-0.3, -0.25) is 39.4 Å². The maximum Gasteiger partial charge on any atom is 0.317 e. The van der Waals surface area contributed by atoms with Gasteiger partial charge in [0.1, 0.15) is 0 Å². The summed E-state index contributed by atoms with van der Waals surface area (Å²) in [7, 11) is 0. The Morgan fingerprint density at radius 1 is 0.720 bits per heavy atom. The number of nitrogens with zero attached hydrogens (tertiary/aromatic N) is 2. The number of carbonyl (C=O) groups is 4. The van der Waals surface area contributed by atoms with Crippen LogP contribution in [0.4, 0.5) is 0 Å². The van der Waals surface area contributed by atoms with Crippen LogP contribution in [-0.4, -0.2) is 105 Å². The van der Waals surface area contributed by atoms with Gasteiger partial charge in [0.05, 0.1) is 26.2 Å². The Balaban J connectivity index is 4.22. The Kier molecular flexibility index (Phi) is 12.3. The van der Waals surface area contributed by atoms with Crippen molar-refractivity contribution in [1.29, 1.82) is 0 Å². The SMILES string of the molecule is O=C(O)CN(CCSCCN(CC(=O)O)CC(=O)NO)CC(=O)NO. The van der Waals surface area contributed by atoms with E-state index < -0.39 is 23.8 Å². The van der Waals surface area contributed by atoms with Gasteiger partial charge in [0, 0.05) is 24.6 Å². The number of nitrogens with one attached hydrogen (secondary N) is 2. The fraction of sp³-hybridized carbons (Fsp3) is 0.667. The molecule has 0 aliphatic rings. The van der Waals surface area contributed by atoms with E-state index in [4.69, 9.17) is 20.6 Å². The highest BCUT2D eigenvalue weighted by molar-refractivity contribution is 7.99. The number of hydrogen-bond acceptors (Lipinski definition) is 9. The maximum atomic E-state index is 11.1. The van der Waals surface area contributed by atoms with E-state index in [-0.39, 0.29) is 39.3 Å². The second-order valence-corrected chi connectivity index (χ2v) is 6.12. The van der Waals surface area contributed by atoms with E-state index in [1.54, 1.807) is 0 Å². The first-order valence-electron chi connectivity index (χ1n) is 7.10. The number of hydrogen-bond donors (Lipinski definition) is 6. The zero-order chi connectivity index (χ0) is 19.2. The molecule has 0 unspecified atom stereocenters. The molecule has 0 aromatic carbocycles. The number of thioether (sulfide) groups is 1. The Bertz CT molecular complexity index is 424. The molecule has 0 aromatic rings. The minimum atomic E-state index is -1.11. The van der Waals surface area contributed by atoms with E-state index >= 15 is 0 Å². The highest BCUT2D eigenvalue weighted by Gasteiger charge is 2.15. The summed E-state index contributed by atoms with van der Waals surface area (Å²) in [6.07, 6.45) is 0. The third kappa shape index (κ3) is 13.1. The van der Waals surface area contributed by atoms with Gasteiger partial charge in [0.25, 0.3) is 11.8 Å². The molecule has 25 heavy (non-hydrogen) atoms. The van der Waals surface area contributed by atoms with Gasteiger partial charge in [-0.15, -0.1) is 0 Å². The van der Waals surface area contributed by atoms with Gasteiger partial charge in [0.2, 0.25) is 0 Å². The third-order valence-corrected chi connectivity index (χ3v) is 3.75. The number of carboxylic acids is 2. The summed E-state index contributed by atoms with van der Waals surface area (Å²) in [5.41, 5.74) is 2.85. The molecule has 0 bridgehead atoms. The van der Waals surface area contributed by atoms with Crippen LogP contribution in [0.2, 0.25) is 0 Å². The van der Waals surface area contributed by atoms with Crippen LogP contribution in [0.3, 0.4) is 0 Å². The summed E-state index contributed by atoms with van der Waals surface area (Å²) in [6, 6.07) is 0. The fourth-order valence-electron chi connectivity index (χ4n) is 1.78. The third-order valence-electron chi connectivity index (χ3n) is 2.81. The average Bonchev–Trinajstić information content (AvgIpc) is 2.52. The monoisotopic (exact) mass is 382 g/mol. The van der Waals surface area contributed by atoms with Crippen molar-refractivity contribution in [3.8, 4) is 0 Å². The number of hydroxylamine groups is 2. The number of rotatable bonds is 14. The molecule has 6 N–H and O–H groups in total. The maximum absolute atomic E-state index is 11.1. The molecule has 0 aliphatic heterocycles. The molecule has 12 nitrogen and oxygen atoms in total. The molecule has 0 atom stereocenters. The van der Waals surface area contributed by atoms with Gasteiger partial charge in [-0.25, -0.2) is 11.0 Å². The summed E-state index contributed by atoms with van der Waals surface area (Å²) >= 11 is 1.38. The first-order chi connectivity index (χ1) is 11.8. The molecule has 0 aromatic heterocycles. The first-order valence-corrected chi connectivity index (χ1v) is 8.25. The Hall–Kier alpha value is -1.93. The zero-order valence-electron chi connectivity index (χ0n) is 13.4. The number of amides is 2. The summed E-state index contributed by atoms with van der Waals surface area (Å²) < 4.78 is 0. The van der Waals surface area contributed by atoms with E-state index in [2.05, 4.69) is 0 Å². The van der Waals surface area contributed by atoms with Crippen molar-refractivity contribution in [3.05, 3.63) is 0 Å². The van der Waals surface area contributed by atoms with E-state index in [1.165, 1.54) is 32.5 Å². The summed E-state index contributed by atoms with van der Waals surface area (Å²) in [5.74, 6) is -2.77. The van der Waals surface area contributed by atoms with Gasteiger partial charge in [-0.2, -0.15) is 11.8 Å². The quantitative estimate of drug-likeness (QED) is 0.106. The lowest BCUT2D eigenvalue weighted by molar-refractivity contribution is -0.140. The van der Waals surface area contributed by atoms with Crippen molar-refractivity contribution in [2.45, 2.75) is 0 Å². The Morgan fingerprint density at radius 3 is 1.36 bits per heavy atom. The summed E-state index contributed by atoms with van der Waals surface area (Å²) in [5, 5.41) is 34.5. The molecule has 0 heterocycles. The molecule has 0 radical (unpaired) electrons. The normalized spacial score (nSPS) is 10.7. The largest absolute Gasteiger partial charge is 0.480 e. The average molecular weight is 382 g/mol. The molecule has 0 rings (SSSR count). The second-order valence-electron chi connectivity index (χ2n) is 4.89. The van der Waals surface area contributed by atoms with Crippen molar-refractivity contribution in [3.63, 3.8) is 0 Å². The Labute approximate surface area is 147 Å². The summed E-state index contributed by atoms with van der Waals surface area (Å²) in [6.45, 7) is -0.747. The van der Waals surface area contributed by atoms with Gasteiger partial charge in [-0.1, -0.05) is 0 Å². The predicted octanol–water partition coefficient (Wildman–Crippen LogP) is -2.50. The van der Waals surface area contributed by atoms with Crippen molar-refractivity contribution in [1.82, 2.24) is 20.8 Å². The zero-order valence-corrected chi connectivity index (χ0v) is 14.2. The molecular formula is C12H22N4O8S. The first kappa shape index (κ1) is 23.1. The van der Waals surface area contributed by atoms with Crippen LogP contribution >= 0.6 is 11.8 Å². The van der Waals surface area contributed by atoms with Crippen LogP contribution in [0.25, 0.3) is 0 Å². The van der Waals surface area contributed by atoms with Gasteiger partial charge in [0.15, 0.2) is 0 Å². The molecule has 0 saturated heterocycles. The second kappa shape index (κ2) is 13.4. The topological polar surface area (TPSA) is 180 Å². The molecule has 13 heteroatoms. The molecule has 0 saturated carbocycles. The lowest BCUT2D eigenvalue weighted by Crippen LogP contribution is -2.40. The fourth-order valence-corrected chi connectivity index (χ4v) is 2.76. The van der Waals surface area contributed by atoms with Crippen LogP contribution in [0.15, 0.2) is 0 Å². The van der Waals surface area contributed by atoms with Crippen molar-refractivity contribution in [2.24, 2.45) is 0 Å². The van der Waals surface area contributed by atoms with Gasteiger partial charge >= 0.3 is 11.9 Å². The lowest BCUT2D eigenvalue weighted by atomic mass is 10.4. The highest BCUT2D eigenvalue weighted by atomic mass is 32.2. The minimum absolute atomic E-state index is 0.264. The molecular weight excluding hydrogens is 360 g/mol. The van der Waals surface area contributed by atoms with Crippen molar-refractivity contribution in [2.75, 3.05) is 50.8 Å². The van der Waals surface area contributed by atoms with E-state index in [0.29, 0.717) is 11.5 Å². The molecule has 0 spiro atoms. The van der Waals surface area contributed by atoms with Crippen LogP contribution in [0.1, 0.15) is 0 Å². The standard InChI is InChI=1S/C12H22N4O8S/c17-9(13-23)5-15(7-11(19)20)1-3-25-4-2-16(8-12(21)22)6-10(18)14-24/h23-24H,1-8H2,(H,13,17)(H,14,18)(H,19,20)(H,21,22). The number of carboxylic acid groups (broad SMARTS) is 2. The van der Waals surface area contributed by atoms with Crippen LogP contribution in [-0.2, 0) is 19.2 Å². The van der Waals surface area contributed by atoms with E-state index in [0.717, 1.165) is 0 Å². The van der Waals surface area contributed by atoms with Crippen molar-refractivity contribution < 1.29 is 39.8 Å². The van der Waals surface area contributed by atoms with E-state index in [1.807, 2.05) is 0 Å². The van der Waals surface area contributed by atoms with Gasteiger partial charge in [-0.05, 0) is 0 Å². The van der Waals surface area contributed by atoms with Crippen molar-refractivity contribution >= 4 is 35.5 Å². The molecule has 144 valence electrons. The predicted molar refractivity (Wildman–Crippen MR) is 85.3 cm³/mol. The highest BCUT2D eigenvalue weighted by Crippen LogP contribution is 2.03. The number of carbonyl (C=O) groups excluding carboxylic acids is 2. The summed E-state index contributed by atoms with van der Waals surface area (Å²) in [4.78, 5) is 46.3. The van der Waals surface area contributed by atoms with E-state index in [9.17, 15) is 19.2 Å². The van der Waals surface area contributed by atoms with Gasteiger partial charge < -0.3 is 10.2 Å².